The zero-order valence-corrected chi connectivity index (χ0v) is 10.7. The van der Waals surface area contributed by atoms with Crippen LogP contribution in [0.3, 0.4) is 0 Å². The molecule has 1 aromatic carbocycles. The number of carbonyl (C=O) groups excluding carboxylic acids is 1. The number of nitrogens with one attached hydrogen (secondary N) is 1. The van der Waals surface area contributed by atoms with Gasteiger partial charge in [0.15, 0.2) is 0 Å². The van der Waals surface area contributed by atoms with E-state index in [1.807, 2.05) is 24.4 Å². The van der Waals surface area contributed by atoms with Crippen LogP contribution < -0.4 is 4.74 Å². The molecule has 0 aliphatic rings. The molecule has 1 heterocycles. The first kappa shape index (κ1) is 12.5. The zero-order chi connectivity index (χ0) is 13.0. The molecule has 96 valence electrons. The normalized spacial score (nSPS) is 10.6. The molecule has 0 unspecified atom stereocenters. The molecule has 0 saturated carbocycles. The van der Waals surface area contributed by atoms with Crippen LogP contribution in [0.15, 0.2) is 24.4 Å². The van der Waals surface area contributed by atoms with Crippen LogP contribution in [0.1, 0.15) is 18.9 Å². The van der Waals surface area contributed by atoms with E-state index >= 15 is 0 Å². The van der Waals surface area contributed by atoms with Crippen LogP contribution >= 0.6 is 0 Å². The van der Waals surface area contributed by atoms with E-state index in [0.717, 1.165) is 28.6 Å². The monoisotopic (exact) mass is 247 g/mol. The Morgan fingerprint density at radius 1 is 1.39 bits per heavy atom. The maximum absolute atomic E-state index is 11.3. The predicted molar refractivity (Wildman–Crippen MR) is 69.8 cm³/mol. The summed E-state index contributed by atoms with van der Waals surface area (Å²) in [4.78, 5) is 14.5. The lowest BCUT2D eigenvalue weighted by Gasteiger charge is -2.05. The van der Waals surface area contributed by atoms with Gasteiger partial charge in [0, 0.05) is 17.1 Å². The molecule has 0 aliphatic carbocycles. The summed E-state index contributed by atoms with van der Waals surface area (Å²) in [6, 6.07) is 5.84. The third kappa shape index (κ3) is 2.64. The van der Waals surface area contributed by atoms with Crippen molar-refractivity contribution >= 4 is 16.9 Å². The Labute approximate surface area is 106 Å². The number of H-pyrrole nitrogens is 1. The molecule has 0 spiro atoms. The summed E-state index contributed by atoms with van der Waals surface area (Å²) in [5.41, 5.74) is 1.93. The maximum Gasteiger partial charge on any atom is 0.310 e. The van der Waals surface area contributed by atoms with Crippen molar-refractivity contribution in [2.45, 2.75) is 19.8 Å². The Morgan fingerprint density at radius 2 is 2.22 bits per heavy atom. The van der Waals surface area contributed by atoms with Gasteiger partial charge < -0.3 is 14.5 Å². The summed E-state index contributed by atoms with van der Waals surface area (Å²) in [5, 5.41) is 1.01. The highest BCUT2D eigenvalue weighted by molar-refractivity contribution is 5.88. The van der Waals surface area contributed by atoms with Gasteiger partial charge in [-0.2, -0.15) is 0 Å². The van der Waals surface area contributed by atoms with Crippen LogP contribution in [-0.2, 0) is 16.0 Å². The van der Waals surface area contributed by atoms with E-state index in [4.69, 9.17) is 4.74 Å². The number of aromatic amines is 1. The molecule has 18 heavy (non-hydrogen) atoms. The Balaban J connectivity index is 2.28. The van der Waals surface area contributed by atoms with Crippen LogP contribution in [0.5, 0.6) is 5.75 Å². The van der Waals surface area contributed by atoms with Crippen molar-refractivity contribution in [1.29, 1.82) is 0 Å². The van der Waals surface area contributed by atoms with Gasteiger partial charge in [-0.1, -0.05) is 6.92 Å². The van der Waals surface area contributed by atoms with Gasteiger partial charge >= 0.3 is 5.97 Å². The van der Waals surface area contributed by atoms with Gasteiger partial charge in [0.25, 0.3) is 0 Å². The van der Waals surface area contributed by atoms with Crippen molar-refractivity contribution < 1.29 is 14.3 Å². The maximum atomic E-state index is 11.3. The molecule has 4 nitrogen and oxygen atoms in total. The predicted octanol–water partition coefficient (Wildman–Crippen LogP) is 2.67. The third-order valence-electron chi connectivity index (χ3n) is 2.77. The van der Waals surface area contributed by atoms with Gasteiger partial charge in [-0.3, -0.25) is 4.79 Å². The van der Waals surface area contributed by atoms with Crippen LogP contribution in [-0.4, -0.2) is 24.7 Å². The molecular weight excluding hydrogens is 230 g/mol. The minimum Gasteiger partial charge on any atom is -0.494 e. The average molecular weight is 247 g/mol. The van der Waals surface area contributed by atoms with Crippen LogP contribution in [0.25, 0.3) is 10.9 Å². The molecule has 0 amide bonds. The summed E-state index contributed by atoms with van der Waals surface area (Å²) in [6.07, 6.45) is 3.08. The highest BCUT2D eigenvalue weighted by Gasteiger charge is 2.09. The smallest absolute Gasteiger partial charge is 0.310 e. The number of aromatic nitrogens is 1. The Kier molecular flexibility index (Phi) is 3.87. The number of esters is 1. The van der Waals surface area contributed by atoms with Crippen molar-refractivity contribution in [1.82, 2.24) is 4.98 Å². The second-order valence-electron chi connectivity index (χ2n) is 4.12. The SMILES string of the molecule is CCCOc1ccc2[nH]cc(CC(=O)OC)c2c1. The molecule has 2 aromatic rings. The first-order valence-corrected chi connectivity index (χ1v) is 6.04. The van der Waals surface area contributed by atoms with Gasteiger partial charge in [0.1, 0.15) is 5.75 Å². The van der Waals surface area contributed by atoms with Gasteiger partial charge in [-0.05, 0) is 30.2 Å². The first-order valence-electron chi connectivity index (χ1n) is 6.04. The Morgan fingerprint density at radius 3 is 2.94 bits per heavy atom. The molecule has 1 N–H and O–H groups in total. The van der Waals surface area contributed by atoms with E-state index in [-0.39, 0.29) is 12.4 Å². The second-order valence-corrected chi connectivity index (χ2v) is 4.12. The molecule has 0 atom stereocenters. The zero-order valence-electron chi connectivity index (χ0n) is 10.7. The van der Waals surface area contributed by atoms with Crippen LogP contribution in [0.4, 0.5) is 0 Å². The number of methoxy groups -OCH3 is 1. The number of hydrogen-bond donors (Lipinski definition) is 1. The molecule has 0 bridgehead atoms. The van der Waals surface area contributed by atoms with Gasteiger partial charge in [0.05, 0.1) is 20.1 Å². The van der Waals surface area contributed by atoms with Crippen molar-refractivity contribution in [3.05, 3.63) is 30.0 Å². The summed E-state index contributed by atoms with van der Waals surface area (Å²) in [7, 11) is 1.40. The molecule has 4 heteroatoms. The summed E-state index contributed by atoms with van der Waals surface area (Å²) >= 11 is 0. The second kappa shape index (κ2) is 5.58. The van der Waals surface area contributed by atoms with Crippen molar-refractivity contribution in [3.63, 3.8) is 0 Å². The fourth-order valence-electron chi connectivity index (χ4n) is 1.84. The van der Waals surface area contributed by atoms with E-state index in [1.165, 1.54) is 7.11 Å². The number of ether oxygens (including phenoxy) is 2. The number of hydrogen-bond acceptors (Lipinski definition) is 3. The first-order chi connectivity index (χ1) is 8.74. The van der Waals surface area contributed by atoms with Crippen molar-refractivity contribution in [2.24, 2.45) is 0 Å². The van der Waals surface area contributed by atoms with Gasteiger partial charge in [0.2, 0.25) is 0 Å². The molecule has 1 aromatic heterocycles. The lowest BCUT2D eigenvalue weighted by atomic mass is 10.1. The average Bonchev–Trinajstić information content (AvgIpc) is 2.79. The third-order valence-corrected chi connectivity index (χ3v) is 2.77. The lowest BCUT2D eigenvalue weighted by Crippen LogP contribution is -2.03. The molecule has 0 aliphatic heterocycles. The fraction of sp³-hybridized carbons (Fsp3) is 0.357. The van der Waals surface area contributed by atoms with Crippen molar-refractivity contribution in [2.75, 3.05) is 13.7 Å². The van der Waals surface area contributed by atoms with E-state index in [2.05, 4.69) is 16.6 Å². The molecular formula is C14H17NO3. The minimum atomic E-state index is -0.240. The van der Waals surface area contributed by atoms with Crippen molar-refractivity contribution in [3.8, 4) is 5.75 Å². The van der Waals surface area contributed by atoms with E-state index < -0.39 is 0 Å². The topological polar surface area (TPSA) is 51.3 Å². The number of fused-ring (bicyclic) bond motifs is 1. The standard InChI is InChI=1S/C14H17NO3/c1-3-6-18-11-4-5-13-12(8-11)10(9-15-13)7-14(16)17-2/h4-5,8-9,15H,3,6-7H2,1-2H3. The molecule has 0 fully saturated rings. The van der Waals surface area contributed by atoms with E-state index in [1.54, 1.807) is 0 Å². The van der Waals surface area contributed by atoms with Gasteiger partial charge in [-0.25, -0.2) is 0 Å². The largest absolute Gasteiger partial charge is 0.494 e. The molecule has 0 saturated heterocycles. The van der Waals surface area contributed by atoms with E-state index in [0.29, 0.717) is 6.61 Å². The molecule has 0 radical (unpaired) electrons. The number of benzene rings is 1. The molecule has 2 rings (SSSR count). The van der Waals surface area contributed by atoms with E-state index in [9.17, 15) is 4.79 Å². The lowest BCUT2D eigenvalue weighted by molar-refractivity contribution is -0.139. The summed E-state index contributed by atoms with van der Waals surface area (Å²) in [5.74, 6) is 0.589. The Bertz CT molecular complexity index is 545. The fourth-order valence-corrected chi connectivity index (χ4v) is 1.84. The highest BCUT2D eigenvalue weighted by atomic mass is 16.5. The van der Waals surface area contributed by atoms with Gasteiger partial charge in [-0.15, -0.1) is 0 Å². The van der Waals surface area contributed by atoms with Crippen LogP contribution in [0, 0.1) is 0 Å². The quantitative estimate of drug-likeness (QED) is 0.826. The summed E-state index contributed by atoms with van der Waals surface area (Å²) in [6.45, 7) is 2.76. The minimum absolute atomic E-state index is 0.240. The highest BCUT2D eigenvalue weighted by Crippen LogP contribution is 2.24. The summed E-state index contributed by atoms with van der Waals surface area (Å²) < 4.78 is 10.3. The van der Waals surface area contributed by atoms with Crippen LogP contribution in [0.2, 0.25) is 0 Å². The number of carbonyl (C=O) groups is 1. The number of rotatable bonds is 5. The Hall–Kier alpha value is -1.97.